The summed E-state index contributed by atoms with van der Waals surface area (Å²) in [6, 6.07) is 18.9. The van der Waals surface area contributed by atoms with Gasteiger partial charge >= 0.3 is 0 Å². The second-order valence-corrected chi connectivity index (χ2v) is 7.44. The van der Waals surface area contributed by atoms with Gasteiger partial charge in [-0.1, -0.05) is 25.8 Å². The Morgan fingerprint density at radius 3 is 2.53 bits per heavy atom. The summed E-state index contributed by atoms with van der Waals surface area (Å²) in [6.07, 6.45) is 6.76. The van der Waals surface area contributed by atoms with Gasteiger partial charge < -0.3 is 14.2 Å². The van der Waals surface area contributed by atoms with Gasteiger partial charge in [-0.15, -0.1) is 0 Å². The van der Waals surface area contributed by atoms with Gasteiger partial charge in [0.25, 0.3) is 0 Å². The SMILES string of the molecule is CCCCCOc1ccc(/C=N/NC(=Nc2ccc(OCC)cc2)c2ccccn2)cc1OC. The average Bonchev–Trinajstić information content (AvgIpc) is 2.88. The van der Waals surface area contributed by atoms with Crippen LogP contribution in [0.5, 0.6) is 17.2 Å². The molecular weight excluding hydrogens is 428 g/mol. The summed E-state index contributed by atoms with van der Waals surface area (Å²) < 4.78 is 16.9. The van der Waals surface area contributed by atoms with Gasteiger partial charge in [-0.3, -0.25) is 10.4 Å². The Balaban J connectivity index is 1.74. The molecule has 0 saturated heterocycles. The lowest BCUT2D eigenvalue weighted by Crippen LogP contribution is -2.20. The van der Waals surface area contributed by atoms with Crippen molar-refractivity contribution in [2.75, 3.05) is 20.3 Å². The Morgan fingerprint density at radius 1 is 0.971 bits per heavy atom. The van der Waals surface area contributed by atoms with E-state index in [1.165, 1.54) is 0 Å². The molecule has 0 spiro atoms. The fourth-order valence-electron chi connectivity index (χ4n) is 3.14. The van der Waals surface area contributed by atoms with E-state index in [-0.39, 0.29) is 0 Å². The Kier molecular flexibility index (Phi) is 9.93. The molecule has 0 saturated carbocycles. The van der Waals surface area contributed by atoms with E-state index in [0.717, 1.165) is 42.0 Å². The van der Waals surface area contributed by atoms with E-state index in [0.29, 0.717) is 30.5 Å². The van der Waals surface area contributed by atoms with Crippen molar-refractivity contribution in [2.24, 2.45) is 10.1 Å². The third kappa shape index (κ3) is 7.62. The van der Waals surface area contributed by atoms with Crippen LogP contribution >= 0.6 is 0 Å². The highest BCUT2D eigenvalue weighted by Gasteiger charge is 2.07. The second-order valence-electron chi connectivity index (χ2n) is 7.44. The first-order valence-electron chi connectivity index (χ1n) is 11.6. The molecular formula is C27H32N4O3. The molecule has 7 nitrogen and oxygen atoms in total. The molecule has 0 radical (unpaired) electrons. The van der Waals surface area contributed by atoms with Gasteiger partial charge in [0.1, 0.15) is 11.4 Å². The number of benzene rings is 2. The summed E-state index contributed by atoms with van der Waals surface area (Å²) in [5.74, 6) is 2.74. The van der Waals surface area contributed by atoms with Crippen molar-refractivity contribution in [3.63, 3.8) is 0 Å². The minimum atomic E-state index is 0.531. The molecule has 7 heteroatoms. The molecule has 0 fully saturated rings. The number of aliphatic imine (C=N–C) groups is 1. The number of hydrogen-bond acceptors (Lipinski definition) is 6. The van der Waals surface area contributed by atoms with Crippen molar-refractivity contribution < 1.29 is 14.2 Å². The number of hydrogen-bond donors (Lipinski definition) is 1. The number of nitrogens with zero attached hydrogens (tertiary/aromatic N) is 3. The smallest absolute Gasteiger partial charge is 0.172 e. The van der Waals surface area contributed by atoms with Crippen LogP contribution in [0.25, 0.3) is 0 Å². The zero-order chi connectivity index (χ0) is 24.0. The first-order valence-corrected chi connectivity index (χ1v) is 11.6. The Hall–Kier alpha value is -3.87. The van der Waals surface area contributed by atoms with Crippen LogP contribution in [0.1, 0.15) is 44.4 Å². The highest BCUT2D eigenvalue weighted by Crippen LogP contribution is 2.27. The molecule has 1 aromatic heterocycles. The third-order valence-corrected chi connectivity index (χ3v) is 4.87. The number of pyridine rings is 1. The topological polar surface area (TPSA) is 77.3 Å². The highest BCUT2D eigenvalue weighted by atomic mass is 16.5. The Labute approximate surface area is 201 Å². The van der Waals surface area contributed by atoms with Crippen molar-refractivity contribution in [2.45, 2.75) is 33.1 Å². The van der Waals surface area contributed by atoms with Crippen LogP contribution in [0, 0.1) is 0 Å². The summed E-state index contributed by atoms with van der Waals surface area (Å²) >= 11 is 0. The average molecular weight is 461 g/mol. The van der Waals surface area contributed by atoms with E-state index in [4.69, 9.17) is 14.2 Å². The molecule has 0 bridgehead atoms. The monoisotopic (exact) mass is 460 g/mol. The molecule has 178 valence electrons. The molecule has 1 heterocycles. The van der Waals surface area contributed by atoms with Gasteiger partial charge in [0.15, 0.2) is 17.3 Å². The quantitative estimate of drug-likeness (QED) is 0.161. The predicted molar refractivity (Wildman–Crippen MR) is 137 cm³/mol. The van der Waals surface area contributed by atoms with E-state index < -0.39 is 0 Å². The number of hydrazone groups is 1. The number of unbranched alkanes of at least 4 members (excludes halogenated alkanes) is 2. The zero-order valence-electron chi connectivity index (χ0n) is 20.0. The van der Waals surface area contributed by atoms with Gasteiger partial charge in [0.05, 0.1) is 32.2 Å². The van der Waals surface area contributed by atoms with Crippen molar-refractivity contribution in [3.8, 4) is 17.2 Å². The van der Waals surface area contributed by atoms with Crippen LogP contribution in [0.4, 0.5) is 5.69 Å². The number of amidine groups is 1. The molecule has 2 aromatic carbocycles. The number of ether oxygens (including phenoxy) is 3. The number of nitrogens with one attached hydrogen (secondary N) is 1. The lowest BCUT2D eigenvalue weighted by Gasteiger charge is -2.11. The van der Waals surface area contributed by atoms with Crippen molar-refractivity contribution in [3.05, 3.63) is 78.1 Å². The van der Waals surface area contributed by atoms with Crippen molar-refractivity contribution in [1.29, 1.82) is 0 Å². The third-order valence-electron chi connectivity index (χ3n) is 4.87. The molecule has 3 rings (SSSR count). The van der Waals surface area contributed by atoms with E-state index in [9.17, 15) is 0 Å². The summed E-state index contributed by atoms with van der Waals surface area (Å²) in [7, 11) is 1.63. The Bertz CT molecular complexity index is 1070. The molecule has 0 aliphatic heterocycles. The van der Waals surface area contributed by atoms with Crippen LogP contribution in [-0.2, 0) is 0 Å². The minimum absolute atomic E-state index is 0.531. The number of rotatable bonds is 12. The van der Waals surface area contributed by atoms with Crippen LogP contribution < -0.4 is 19.6 Å². The maximum atomic E-state index is 5.85. The van der Waals surface area contributed by atoms with Crippen LogP contribution in [0.15, 0.2) is 77.0 Å². The van der Waals surface area contributed by atoms with E-state index in [2.05, 4.69) is 27.4 Å². The lowest BCUT2D eigenvalue weighted by atomic mass is 10.2. The lowest BCUT2D eigenvalue weighted by molar-refractivity contribution is 0.286. The Morgan fingerprint density at radius 2 is 1.82 bits per heavy atom. The maximum Gasteiger partial charge on any atom is 0.172 e. The number of aromatic nitrogens is 1. The maximum absolute atomic E-state index is 5.85. The van der Waals surface area contributed by atoms with Crippen molar-refractivity contribution in [1.82, 2.24) is 10.4 Å². The first-order chi connectivity index (χ1) is 16.7. The minimum Gasteiger partial charge on any atom is -0.494 e. The molecule has 1 N–H and O–H groups in total. The summed E-state index contributed by atoms with van der Waals surface area (Å²) in [6.45, 7) is 5.42. The zero-order valence-corrected chi connectivity index (χ0v) is 20.0. The standard InChI is InChI=1S/C27H32N4O3/c1-4-6-9-18-34-25-16-11-21(19-26(25)32-3)20-29-31-27(24-10-7-8-17-28-24)30-22-12-14-23(15-13-22)33-5-2/h7-8,10-17,19-20H,4-6,9,18H2,1-3H3,(H,30,31)/b29-20+. The normalized spacial score (nSPS) is 11.4. The fraction of sp³-hybridized carbons (Fsp3) is 0.296. The highest BCUT2D eigenvalue weighted by molar-refractivity contribution is 5.99. The first kappa shape index (κ1) is 24.8. The van der Waals surface area contributed by atoms with E-state index in [1.54, 1.807) is 19.5 Å². The van der Waals surface area contributed by atoms with Gasteiger partial charge in [-0.05, 0) is 73.5 Å². The van der Waals surface area contributed by atoms with Crippen LogP contribution in [0.2, 0.25) is 0 Å². The van der Waals surface area contributed by atoms with Gasteiger partial charge in [-0.2, -0.15) is 5.10 Å². The van der Waals surface area contributed by atoms with E-state index >= 15 is 0 Å². The fourth-order valence-corrected chi connectivity index (χ4v) is 3.14. The van der Waals surface area contributed by atoms with Crippen LogP contribution in [0.3, 0.4) is 0 Å². The summed E-state index contributed by atoms with van der Waals surface area (Å²) in [5.41, 5.74) is 5.34. The predicted octanol–water partition coefficient (Wildman–Crippen LogP) is 5.76. The van der Waals surface area contributed by atoms with E-state index in [1.807, 2.05) is 67.6 Å². The second kappa shape index (κ2) is 13.6. The summed E-state index contributed by atoms with van der Waals surface area (Å²) in [5, 5.41) is 4.39. The largest absolute Gasteiger partial charge is 0.494 e. The molecule has 34 heavy (non-hydrogen) atoms. The van der Waals surface area contributed by atoms with Gasteiger partial charge in [-0.25, -0.2) is 4.99 Å². The van der Waals surface area contributed by atoms with Gasteiger partial charge in [0, 0.05) is 6.20 Å². The molecule has 0 aliphatic carbocycles. The molecule has 0 atom stereocenters. The van der Waals surface area contributed by atoms with Gasteiger partial charge in [0.2, 0.25) is 0 Å². The number of methoxy groups -OCH3 is 1. The van der Waals surface area contributed by atoms with Crippen LogP contribution in [-0.4, -0.2) is 37.4 Å². The van der Waals surface area contributed by atoms with Crippen molar-refractivity contribution >= 4 is 17.7 Å². The molecule has 0 unspecified atom stereocenters. The summed E-state index contributed by atoms with van der Waals surface area (Å²) in [4.78, 5) is 9.09. The molecule has 0 amide bonds. The molecule has 0 aliphatic rings. The molecule has 3 aromatic rings.